The number of hydrogen-bond donors (Lipinski definition) is 2. The summed E-state index contributed by atoms with van der Waals surface area (Å²) in [5.41, 5.74) is 6.37. The lowest BCUT2D eigenvalue weighted by Crippen LogP contribution is -2.16. The van der Waals surface area contributed by atoms with Gasteiger partial charge >= 0.3 is 0 Å². The molecule has 0 bridgehead atoms. The van der Waals surface area contributed by atoms with Crippen molar-refractivity contribution in [3.8, 4) is 0 Å². The summed E-state index contributed by atoms with van der Waals surface area (Å²) >= 11 is 17.6. The number of aryl methyl sites for hydroxylation is 1. The summed E-state index contributed by atoms with van der Waals surface area (Å²) in [5, 5.41) is 0.116. The van der Waals surface area contributed by atoms with E-state index in [1.54, 1.807) is 13.0 Å². The zero-order valence-electron chi connectivity index (χ0n) is 10.7. The van der Waals surface area contributed by atoms with Gasteiger partial charge < -0.3 is 5.73 Å². The zero-order valence-corrected chi connectivity index (χ0v) is 13.8. The molecule has 0 aliphatic heterocycles. The van der Waals surface area contributed by atoms with Crippen LogP contribution in [-0.4, -0.2) is 13.4 Å². The molecular weight excluding hydrogens is 357 g/mol. The molecule has 0 radical (unpaired) electrons. The predicted octanol–water partition coefficient (Wildman–Crippen LogP) is 3.73. The van der Waals surface area contributed by atoms with E-state index in [2.05, 4.69) is 9.71 Å². The van der Waals surface area contributed by atoms with Crippen molar-refractivity contribution in [3.05, 3.63) is 45.2 Å². The monoisotopic (exact) mass is 365 g/mol. The van der Waals surface area contributed by atoms with Crippen molar-refractivity contribution in [1.82, 2.24) is 4.98 Å². The second-order valence-corrected chi connectivity index (χ2v) is 6.96. The standard InChI is InChI=1S/C12H10Cl3N3O2S/c1-6-5-9(14)17-12(15)10(6)18-21(19,20)11-7(13)3-2-4-8(11)16/h2-5,18H,16H2,1H3. The fourth-order valence-corrected chi connectivity index (χ4v) is 4.17. The summed E-state index contributed by atoms with van der Waals surface area (Å²) in [5.74, 6) is 0. The Morgan fingerprint density at radius 3 is 2.48 bits per heavy atom. The van der Waals surface area contributed by atoms with Gasteiger partial charge in [-0.25, -0.2) is 13.4 Å². The number of aromatic nitrogens is 1. The molecule has 0 atom stereocenters. The lowest BCUT2D eigenvalue weighted by molar-refractivity contribution is 0.601. The van der Waals surface area contributed by atoms with Crippen LogP contribution in [-0.2, 0) is 10.0 Å². The first-order valence-electron chi connectivity index (χ1n) is 5.62. The van der Waals surface area contributed by atoms with Gasteiger partial charge in [0, 0.05) is 0 Å². The third-order valence-corrected chi connectivity index (χ3v) is 5.00. The van der Waals surface area contributed by atoms with E-state index in [9.17, 15) is 8.42 Å². The van der Waals surface area contributed by atoms with E-state index >= 15 is 0 Å². The van der Waals surface area contributed by atoms with E-state index in [1.807, 2.05) is 0 Å². The fourth-order valence-electron chi connectivity index (χ4n) is 1.71. The van der Waals surface area contributed by atoms with Gasteiger partial charge in [-0.3, -0.25) is 4.72 Å². The average molecular weight is 367 g/mol. The predicted molar refractivity (Wildman–Crippen MR) is 85.7 cm³/mol. The van der Waals surface area contributed by atoms with Gasteiger partial charge in [0.15, 0.2) is 5.15 Å². The molecule has 0 spiro atoms. The highest BCUT2D eigenvalue weighted by Gasteiger charge is 2.23. The van der Waals surface area contributed by atoms with Crippen LogP contribution in [0.2, 0.25) is 15.3 Å². The Morgan fingerprint density at radius 1 is 1.24 bits per heavy atom. The summed E-state index contributed by atoms with van der Waals surface area (Å²) < 4.78 is 27.2. The number of nitrogens with two attached hydrogens (primary N) is 1. The molecule has 21 heavy (non-hydrogen) atoms. The lowest BCUT2D eigenvalue weighted by Gasteiger charge is -2.14. The van der Waals surface area contributed by atoms with Gasteiger partial charge in [-0.1, -0.05) is 40.9 Å². The van der Waals surface area contributed by atoms with Crippen LogP contribution < -0.4 is 10.5 Å². The molecule has 5 nitrogen and oxygen atoms in total. The molecule has 9 heteroatoms. The van der Waals surface area contributed by atoms with Crippen LogP contribution >= 0.6 is 34.8 Å². The third-order valence-electron chi connectivity index (χ3n) is 2.64. The Bertz CT molecular complexity index is 766. The minimum atomic E-state index is -4.01. The first kappa shape index (κ1) is 16.2. The van der Waals surface area contributed by atoms with Crippen molar-refractivity contribution in [2.75, 3.05) is 10.5 Å². The number of nitrogens with zero attached hydrogens (tertiary/aromatic N) is 1. The molecule has 1 aromatic carbocycles. The van der Waals surface area contributed by atoms with Gasteiger partial charge in [0.2, 0.25) is 0 Å². The van der Waals surface area contributed by atoms with Gasteiger partial charge in [-0.05, 0) is 30.7 Å². The fraction of sp³-hybridized carbons (Fsp3) is 0.0833. The van der Waals surface area contributed by atoms with Crippen LogP contribution in [0.15, 0.2) is 29.2 Å². The molecule has 1 aromatic heterocycles. The number of rotatable bonds is 3. The molecule has 112 valence electrons. The maximum Gasteiger partial charge on any atom is 0.265 e. The third kappa shape index (κ3) is 3.35. The topological polar surface area (TPSA) is 85.1 Å². The van der Waals surface area contributed by atoms with Gasteiger partial charge in [-0.2, -0.15) is 0 Å². The summed E-state index contributed by atoms with van der Waals surface area (Å²) in [4.78, 5) is 3.59. The molecule has 0 fully saturated rings. The number of nitrogens with one attached hydrogen (secondary N) is 1. The molecule has 0 saturated heterocycles. The number of benzene rings is 1. The lowest BCUT2D eigenvalue weighted by atomic mass is 10.3. The zero-order chi connectivity index (χ0) is 15.8. The van der Waals surface area contributed by atoms with Crippen LogP contribution in [0.3, 0.4) is 0 Å². The number of hydrogen-bond acceptors (Lipinski definition) is 4. The van der Waals surface area contributed by atoms with E-state index in [4.69, 9.17) is 40.5 Å². The van der Waals surface area contributed by atoms with E-state index in [0.29, 0.717) is 5.56 Å². The molecule has 1 heterocycles. The number of pyridine rings is 1. The van der Waals surface area contributed by atoms with Crippen molar-refractivity contribution in [1.29, 1.82) is 0 Å². The van der Waals surface area contributed by atoms with Crippen LogP contribution in [0.1, 0.15) is 5.56 Å². The van der Waals surface area contributed by atoms with Crippen molar-refractivity contribution < 1.29 is 8.42 Å². The Balaban J connectivity index is 2.53. The van der Waals surface area contributed by atoms with Crippen molar-refractivity contribution in [3.63, 3.8) is 0 Å². The van der Waals surface area contributed by atoms with Crippen LogP contribution in [0, 0.1) is 6.92 Å². The molecular formula is C12H10Cl3N3O2S. The molecule has 0 unspecified atom stereocenters. The van der Waals surface area contributed by atoms with Gasteiger partial charge in [0.1, 0.15) is 10.0 Å². The normalized spacial score (nSPS) is 11.4. The minimum absolute atomic E-state index is 0.0122. The number of nitrogen functional groups attached to an aromatic ring is 1. The highest BCUT2D eigenvalue weighted by molar-refractivity contribution is 7.93. The second-order valence-electron chi connectivity index (χ2n) is 4.19. The molecule has 2 aromatic rings. The highest BCUT2D eigenvalue weighted by atomic mass is 35.5. The number of sulfonamides is 1. The largest absolute Gasteiger partial charge is 0.398 e. The van der Waals surface area contributed by atoms with E-state index < -0.39 is 10.0 Å². The maximum absolute atomic E-state index is 12.4. The summed E-state index contributed by atoms with van der Waals surface area (Å²) in [6.07, 6.45) is 0. The molecule has 2 rings (SSSR count). The average Bonchev–Trinajstić information content (AvgIpc) is 2.33. The second kappa shape index (κ2) is 5.88. The molecule has 3 N–H and O–H groups in total. The molecule has 0 amide bonds. The first-order valence-corrected chi connectivity index (χ1v) is 8.23. The highest BCUT2D eigenvalue weighted by Crippen LogP contribution is 2.32. The Morgan fingerprint density at radius 2 is 1.90 bits per heavy atom. The Labute approximate surface area is 137 Å². The summed E-state index contributed by atoms with van der Waals surface area (Å²) in [7, 11) is -4.01. The maximum atomic E-state index is 12.4. The molecule has 0 aliphatic rings. The summed E-state index contributed by atoms with van der Waals surface area (Å²) in [6.45, 7) is 1.65. The number of halogens is 3. The van der Waals surface area contributed by atoms with Crippen LogP contribution in [0.25, 0.3) is 0 Å². The van der Waals surface area contributed by atoms with Crippen molar-refractivity contribution in [2.45, 2.75) is 11.8 Å². The smallest absolute Gasteiger partial charge is 0.265 e. The van der Waals surface area contributed by atoms with Gasteiger partial charge in [-0.15, -0.1) is 0 Å². The Hall–Kier alpha value is -1.21. The molecule has 0 aliphatic carbocycles. The minimum Gasteiger partial charge on any atom is -0.398 e. The summed E-state index contributed by atoms with van der Waals surface area (Å²) in [6, 6.07) is 5.91. The molecule has 0 saturated carbocycles. The quantitative estimate of drug-likeness (QED) is 0.640. The van der Waals surface area contributed by atoms with Crippen LogP contribution in [0.4, 0.5) is 11.4 Å². The SMILES string of the molecule is Cc1cc(Cl)nc(Cl)c1NS(=O)(=O)c1c(N)cccc1Cl. The Kier molecular flexibility index (Phi) is 4.53. The van der Waals surface area contributed by atoms with Crippen molar-refractivity contribution in [2.24, 2.45) is 0 Å². The van der Waals surface area contributed by atoms with Crippen molar-refractivity contribution >= 4 is 56.2 Å². The van der Waals surface area contributed by atoms with Gasteiger partial charge in [0.05, 0.1) is 16.4 Å². The number of anilines is 2. The first-order chi connectivity index (χ1) is 9.72. The van der Waals surface area contributed by atoms with E-state index in [-0.39, 0.29) is 31.6 Å². The van der Waals surface area contributed by atoms with Crippen LogP contribution in [0.5, 0.6) is 0 Å². The van der Waals surface area contributed by atoms with E-state index in [0.717, 1.165) is 0 Å². The van der Waals surface area contributed by atoms with E-state index in [1.165, 1.54) is 18.2 Å². The van der Waals surface area contributed by atoms with Gasteiger partial charge in [0.25, 0.3) is 10.0 Å².